The Kier molecular flexibility index (Phi) is 3.28. The molecule has 0 saturated heterocycles. The number of hydrogen-bond acceptors (Lipinski definition) is 2. The predicted octanol–water partition coefficient (Wildman–Crippen LogP) is 3.44. The Morgan fingerprint density at radius 1 is 1.47 bits per heavy atom. The van der Waals surface area contributed by atoms with Gasteiger partial charge < -0.3 is 10.3 Å². The quantitative estimate of drug-likeness (QED) is 0.907. The van der Waals surface area contributed by atoms with Gasteiger partial charge in [0.1, 0.15) is 5.82 Å². The highest BCUT2D eigenvalue weighted by Gasteiger charge is 1.99. The van der Waals surface area contributed by atoms with Crippen molar-refractivity contribution in [1.29, 1.82) is 0 Å². The molecular formula is C10H9BrClN3. The number of rotatable bonds is 3. The van der Waals surface area contributed by atoms with E-state index < -0.39 is 0 Å². The largest absolute Gasteiger partial charge is 0.378 e. The third-order valence-corrected chi connectivity index (χ3v) is 3.15. The van der Waals surface area contributed by atoms with Crippen LogP contribution >= 0.6 is 27.5 Å². The van der Waals surface area contributed by atoms with Crippen molar-refractivity contribution < 1.29 is 0 Å². The van der Waals surface area contributed by atoms with Gasteiger partial charge in [-0.25, -0.2) is 4.98 Å². The zero-order chi connectivity index (χ0) is 10.7. The van der Waals surface area contributed by atoms with Crippen LogP contribution in [-0.2, 0) is 6.54 Å². The third-order valence-electron chi connectivity index (χ3n) is 1.93. The number of hydrogen-bond donors (Lipinski definition) is 2. The molecule has 1 aromatic carbocycles. The van der Waals surface area contributed by atoms with Crippen LogP contribution in [0.25, 0.3) is 0 Å². The van der Waals surface area contributed by atoms with Gasteiger partial charge in [0.25, 0.3) is 0 Å². The molecule has 5 heteroatoms. The molecule has 3 nitrogen and oxygen atoms in total. The van der Waals surface area contributed by atoms with E-state index in [1.54, 1.807) is 12.4 Å². The highest BCUT2D eigenvalue weighted by Crippen LogP contribution is 2.25. The molecular weight excluding hydrogens is 277 g/mol. The fraction of sp³-hybridized carbons (Fsp3) is 0.100. The van der Waals surface area contributed by atoms with E-state index in [4.69, 9.17) is 11.6 Å². The molecule has 2 rings (SSSR count). The Hall–Kier alpha value is -1.00. The summed E-state index contributed by atoms with van der Waals surface area (Å²) in [6.07, 6.45) is 3.53. The smallest absolute Gasteiger partial charge is 0.125 e. The SMILES string of the molecule is Clc1ccc(NCc2ncc[nH]2)cc1Br. The lowest BCUT2D eigenvalue weighted by atomic mass is 10.3. The molecule has 0 aliphatic carbocycles. The van der Waals surface area contributed by atoms with Crippen molar-refractivity contribution in [2.24, 2.45) is 0 Å². The molecule has 0 unspecified atom stereocenters. The minimum Gasteiger partial charge on any atom is -0.378 e. The molecule has 0 bridgehead atoms. The van der Waals surface area contributed by atoms with Crippen molar-refractivity contribution in [3.63, 3.8) is 0 Å². The second kappa shape index (κ2) is 4.68. The first-order chi connectivity index (χ1) is 7.25. The van der Waals surface area contributed by atoms with Crippen LogP contribution in [0, 0.1) is 0 Å². The molecule has 2 N–H and O–H groups in total. The molecule has 0 atom stereocenters. The number of nitrogens with zero attached hydrogens (tertiary/aromatic N) is 1. The van der Waals surface area contributed by atoms with E-state index in [1.165, 1.54) is 0 Å². The number of aromatic nitrogens is 2. The summed E-state index contributed by atoms with van der Waals surface area (Å²) in [7, 11) is 0. The molecule has 78 valence electrons. The highest BCUT2D eigenvalue weighted by atomic mass is 79.9. The van der Waals surface area contributed by atoms with Gasteiger partial charge in [-0.05, 0) is 34.1 Å². The molecule has 1 aromatic heterocycles. The maximum Gasteiger partial charge on any atom is 0.125 e. The Labute approximate surface area is 101 Å². The number of nitrogens with one attached hydrogen (secondary N) is 2. The fourth-order valence-electron chi connectivity index (χ4n) is 1.19. The molecule has 1 heterocycles. The van der Waals surface area contributed by atoms with E-state index >= 15 is 0 Å². The van der Waals surface area contributed by atoms with Crippen LogP contribution in [0.15, 0.2) is 35.1 Å². The number of anilines is 1. The Morgan fingerprint density at radius 2 is 2.33 bits per heavy atom. The second-order valence-electron chi connectivity index (χ2n) is 3.02. The third kappa shape index (κ3) is 2.73. The molecule has 0 amide bonds. The summed E-state index contributed by atoms with van der Waals surface area (Å²) in [5, 5.41) is 3.94. The van der Waals surface area contributed by atoms with E-state index in [-0.39, 0.29) is 0 Å². The monoisotopic (exact) mass is 285 g/mol. The molecule has 0 aliphatic rings. The van der Waals surface area contributed by atoms with E-state index in [0.717, 1.165) is 16.0 Å². The minimum absolute atomic E-state index is 0.668. The lowest BCUT2D eigenvalue weighted by molar-refractivity contribution is 1.000. The van der Waals surface area contributed by atoms with Crippen molar-refractivity contribution in [2.45, 2.75) is 6.54 Å². The average molecular weight is 287 g/mol. The van der Waals surface area contributed by atoms with Gasteiger partial charge in [-0.15, -0.1) is 0 Å². The normalized spacial score (nSPS) is 10.3. The van der Waals surface area contributed by atoms with Crippen molar-refractivity contribution in [3.8, 4) is 0 Å². The fourth-order valence-corrected chi connectivity index (χ4v) is 1.68. The van der Waals surface area contributed by atoms with Gasteiger partial charge >= 0.3 is 0 Å². The van der Waals surface area contributed by atoms with Gasteiger partial charge in [0, 0.05) is 22.6 Å². The van der Waals surface area contributed by atoms with Crippen molar-refractivity contribution in [1.82, 2.24) is 9.97 Å². The summed E-state index contributed by atoms with van der Waals surface area (Å²) < 4.78 is 0.883. The summed E-state index contributed by atoms with van der Waals surface area (Å²) >= 11 is 9.26. The molecule has 0 fully saturated rings. The van der Waals surface area contributed by atoms with Gasteiger partial charge in [0.05, 0.1) is 11.6 Å². The Morgan fingerprint density at radius 3 is 3.00 bits per heavy atom. The van der Waals surface area contributed by atoms with Crippen LogP contribution in [0.2, 0.25) is 5.02 Å². The van der Waals surface area contributed by atoms with Gasteiger partial charge in [-0.3, -0.25) is 0 Å². The van der Waals surface area contributed by atoms with Crippen molar-refractivity contribution in [3.05, 3.63) is 45.9 Å². The van der Waals surface area contributed by atoms with Gasteiger partial charge in [-0.2, -0.15) is 0 Å². The molecule has 2 aromatic rings. The summed E-state index contributed by atoms with van der Waals surface area (Å²) in [6, 6.07) is 5.71. The number of halogens is 2. The van der Waals surface area contributed by atoms with Gasteiger partial charge in [0.2, 0.25) is 0 Å². The Balaban J connectivity index is 2.02. The number of H-pyrrole nitrogens is 1. The van der Waals surface area contributed by atoms with E-state index in [1.807, 2.05) is 18.2 Å². The molecule has 0 aliphatic heterocycles. The van der Waals surface area contributed by atoms with Crippen LogP contribution < -0.4 is 5.32 Å². The van der Waals surface area contributed by atoms with Gasteiger partial charge in [0.15, 0.2) is 0 Å². The number of benzene rings is 1. The number of aromatic amines is 1. The van der Waals surface area contributed by atoms with Crippen LogP contribution in [0.4, 0.5) is 5.69 Å². The van der Waals surface area contributed by atoms with Gasteiger partial charge in [-0.1, -0.05) is 11.6 Å². The first-order valence-electron chi connectivity index (χ1n) is 4.43. The van der Waals surface area contributed by atoms with E-state index in [9.17, 15) is 0 Å². The first kappa shape index (κ1) is 10.5. The van der Waals surface area contributed by atoms with Crippen LogP contribution in [0.5, 0.6) is 0 Å². The summed E-state index contributed by atoms with van der Waals surface area (Å²) in [5.41, 5.74) is 1.00. The predicted molar refractivity (Wildman–Crippen MR) is 65.1 cm³/mol. The highest BCUT2D eigenvalue weighted by molar-refractivity contribution is 9.10. The zero-order valence-corrected chi connectivity index (χ0v) is 10.1. The lowest BCUT2D eigenvalue weighted by Crippen LogP contribution is -2.00. The maximum absolute atomic E-state index is 5.89. The average Bonchev–Trinajstić information content (AvgIpc) is 2.73. The van der Waals surface area contributed by atoms with E-state index in [0.29, 0.717) is 11.6 Å². The van der Waals surface area contributed by atoms with Crippen LogP contribution in [0.1, 0.15) is 5.82 Å². The van der Waals surface area contributed by atoms with Crippen LogP contribution in [0.3, 0.4) is 0 Å². The first-order valence-corrected chi connectivity index (χ1v) is 5.60. The van der Waals surface area contributed by atoms with Crippen molar-refractivity contribution >= 4 is 33.2 Å². The molecule has 0 saturated carbocycles. The summed E-state index contributed by atoms with van der Waals surface area (Å²) in [4.78, 5) is 7.14. The minimum atomic E-state index is 0.668. The topological polar surface area (TPSA) is 40.7 Å². The molecule has 15 heavy (non-hydrogen) atoms. The van der Waals surface area contributed by atoms with Crippen molar-refractivity contribution in [2.75, 3.05) is 5.32 Å². The lowest BCUT2D eigenvalue weighted by Gasteiger charge is -2.05. The molecule has 0 spiro atoms. The zero-order valence-electron chi connectivity index (χ0n) is 7.80. The van der Waals surface area contributed by atoms with Crippen LogP contribution in [-0.4, -0.2) is 9.97 Å². The van der Waals surface area contributed by atoms with E-state index in [2.05, 4.69) is 31.2 Å². The Bertz CT molecular complexity index is 442. The standard InChI is InChI=1S/C10H9BrClN3/c11-8-5-7(1-2-9(8)12)15-6-10-13-3-4-14-10/h1-5,15H,6H2,(H,13,14). The summed E-state index contributed by atoms with van der Waals surface area (Å²) in [5.74, 6) is 0.904. The maximum atomic E-state index is 5.89. The molecule has 0 radical (unpaired) electrons. The number of imidazole rings is 1. The summed E-state index contributed by atoms with van der Waals surface area (Å²) in [6.45, 7) is 0.668. The second-order valence-corrected chi connectivity index (χ2v) is 4.28.